The van der Waals surface area contributed by atoms with Crippen LogP contribution in [0.5, 0.6) is 0 Å². The molecule has 0 amide bonds. The smallest absolute Gasteiger partial charge is 0.338 e. The second kappa shape index (κ2) is 12.4. The van der Waals surface area contributed by atoms with E-state index < -0.39 is 0 Å². The predicted octanol–water partition coefficient (Wildman–Crippen LogP) is 5.25. The van der Waals surface area contributed by atoms with E-state index in [1.165, 1.54) is 0 Å². The third kappa shape index (κ3) is 6.65. The minimum Gasteiger partial charge on any atom is -0.459 e. The Kier molecular flexibility index (Phi) is 9.88. The lowest BCUT2D eigenvalue weighted by Crippen LogP contribution is -2.32. The van der Waals surface area contributed by atoms with Crippen molar-refractivity contribution in [3.63, 3.8) is 0 Å². The molecule has 6 heteroatoms. The van der Waals surface area contributed by atoms with E-state index in [1.807, 2.05) is 43.5 Å². The number of hydrogen-bond donors (Lipinski definition) is 0. The zero-order valence-electron chi connectivity index (χ0n) is 20.2. The molecular formula is C26H37N3O3. The highest BCUT2D eigenvalue weighted by Gasteiger charge is 2.18. The minimum atomic E-state index is -0.315. The van der Waals surface area contributed by atoms with E-state index in [1.54, 1.807) is 6.08 Å². The molecule has 1 aliphatic rings. The normalized spacial score (nSPS) is 14.8. The van der Waals surface area contributed by atoms with Gasteiger partial charge in [-0.05, 0) is 64.7 Å². The summed E-state index contributed by atoms with van der Waals surface area (Å²) in [5.41, 5.74) is 5.01. The fourth-order valence-electron chi connectivity index (χ4n) is 3.46. The fraction of sp³-hybridized carbons (Fsp3) is 0.462. The van der Waals surface area contributed by atoms with Gasteiger partial charge < -0.3 is 18.8 Å². The summed E-state index contributed by atoms with van der Waals surface area (Å²) < 4.78 is 12.5. The van der Waals surface area contributed by atoms with Crippen molar-refractivity contribution >= 4 is 30.0 Å². The second-order valence-corrected chi connectivity index (χ2v) is 8.20. The van der Waals surface area contributed by atoms with Crippen LogP contribution in [0.25, 0.3) is 17.3 Å². The van der Waals surface area contributed by atoms with Crippen LogP contribution in [0.2, 0.25) is 0 Å². The summed E-state index contributed by atoms with van der Waals surface area (Å²) in [6, 6.07) is 3.87. The second-order valence-electron chi connectivity index (χ2n) is 8.20. The molecule has 0 radical (unpaired) electrons. The van der Waals surface area contributed by atoms with E-state index in [0.29, 0.717) is 5.56 Å². The van der Waals surface area contributed by atoms with Gasteiger partial charge >= 0.3 is 5.97 Å². The number of carbonyl (C=O) groups excluding carboxylic acids is 1. The quantitative estimate of drug-likeness (QED) is 0.437. The number of fused-ring (bicyclic) bond motifs is 1. The highest BCUT2D eigenvalue weighted by atomic mass is 16.5. The summed E-state index contributed by atoms with van der Waals surface area (Å²) in [7, 11) is 2.11. The number of likely N-dealkylation sites (N-methyl/N-ethyl adjacent to an activating group) is 1. The number of allylic oxidation sites excluding steroid dienone is 1. The van der Waals surface area contributed by atoms with Crippen LogP contribution in [0.3, 0.4) is 0 Å². The van der Waals surface area contributed by atoms with E-state index >= 15 is 0 Å². The molecule has 0 aliphatic carbocycles. The fourth-order valence-corrected chi connectivity index (χ4v) is 3.46. The molecule has 0 aromatic carbocycles. The largest absolute Gasteiger partial charge is 0.459 e. The Labute approximate surface area is 192 Å². The summed E-state index contributed by atoms with van der Waals surface area (Å²) in [6.45, 7) is 19.3. The summed E-state index contributed by atoms with van der Waals surface area (Å²) in [5, 5.41) is 0. The van der Waals surface area contributed by atoms with Crippen LogP contribution in [0.1, 0.15) is 60.8 Å². The van der Waals surface area contributed by atoms with Crippen molar-refractivity contribution in [2.24, 2.45) is 4.99 Å². The third-order valence-electron chi connectivity index (χ3n) is 5.27. The van der Waals surface area contributed by atoms with Crippen LogP contribution in [-0.2, 0) is 9.47 Å². The van der Waals surface area contributed by atoms with E-state index in [9.17, 15) is 4.79 Å². The molecule has 32 heavy (non-hydrogen) atoms. The molecule has 0 saturated carbocycles. The van der Waals surface area contributed by atoms with Crippen molar-refractivity contribution in [2.45, 2.75) is 46.6 Å². The molecule has 3 heterocycles. The lowest BCUT2D eigenvalue weighted by Gasteiger charge is -2.21. The Morgan fingerprint density at radius 2 is 2.00 bits per heavy atom. The van der Waals surface area contributed by atoms with Crippen LogP contribution in [0.15, 0.2) is 36.0 Å². The van der Waals surface area contributed by atoms with E-state index in [2.05, 4.69) is 43.2 Å². The molecule has 1 fully saturated rings. The van der Waals surface area contributed by atoms with Gasteiger partial charge in [0.2, 0.25) is 0 Å². The van der Waals surface area contributed by atoms with E-state index in [0.717, 1.165) is 67.2 Å². The van der Waals surface area contributed by atoms with Gasteiger partial charge in [0.25, 0.3) is 0 Å². The van der Waals surface area contributed by atoms with Crippen molar-refractivity contribution in [2.75, 3.05) is 33.4 Å². The molecular weight excluding hydrogens is 402 g/mol. The number of nitrogens with zero attached hydrogens (tertiary/aromatic N) is 3. The molecule has 0 atom stereocenters. The van der Waals surface area contributed by atoms with Gasteiger partial charge in [0.1, 0.15) is 0 Å². The first-order chi connectivity index (χ1) is 15.3. The number of esters is 1. The Balaban J connectivity index is 0.000000439. The average Bonchev–Trinajstić information content (AvgIpc) is 3.18. The summed E-state index contributed by atoms with van der Waals surface area (Å²) in [6.07, 6.45) is 7.68. The highest BCUT2D eigenvalue weighted by molar-refractivity contribution is 5.94. The van der Waals surface area contributed by atoms with Crippen LogP contribution in [-0.4, -0.2) is 61.4 Å². The number of carbonyl (C=O) groups is 1. The van der Waals surface area contributed by atoms with Gasteiger partial charge in [-0.1, -0.05) is 26.0 Å². The molecule has 1 saturated heterocycles. The Hall–Kier alpha value is -2.70. The monoisotopic (exact) mass is 439 g/mol. The molecule has 0 bridgehead atoms. The number of aromatic nitrogens is 1. The SMILES string of the molecule is C=Cc1c(C)c(C(=O)OC(C)C)cc2cc(/C(=C/CCC)N=C)cn12.CN1CCOCC1. The molecule has 0 unspecified atom stereocenters. The number of rotatable bonds is 7. The van der Waals surface area contributed by atoms with Crippen molar-refractivity contribution in [3.8, 4) is 0 Å². The summed E-state index contributed by atoms with van der Waals surface area (Å²) in [5.74, 6) is -0.315. The Morgan fingerprint density at radius 1 is 1.31 bits per heavy atom. The molecule has 174 valence electrons. The van der Waals surface area contributed by atoms with Crippen LogP contribution < -0.4 is 0 Å². The lowest BCUT2D eigenvalue weighted by atomic mass is 10.1. The predicted molar refractivity (Wildman–Crippen MR) is 134 cm³/mol. The maximum Gasteiger partial charge on any atom is 0.338 e. The number of ether oxygens (including phenoxy) is 2. The zero-order valence-corrected chi connectivity index (χ0v) is 20.2. The first-order valence-electron chi connectivity index (χ1n) is 11.2. The molecule has 1 aliphatic heterocycles. The Bertz CT molecular complexity index is 966. The maximum absolute atomic E-state index is 12.4. The van der Waals surface area contributed by atoms with Gasteiger partial charge in [-0.3, -0.25) is 4.99 Å². The number of unbranched alkanes of at least 4 members (excludes halogenated alkanes) is 1. The molecule has 3 rings (SSSR count). The number of hydrogen-bond acceptors (Lipinski definition) is 5. The molecule has 2 aromatic rings. The topological polar surface area (TPSA) is 55.5 Å². The maximum atomic E-state index is 12.4. The number of morpholine rings is 1. The van der Waals surface area contributed by atoms with Gasteiger partial charge in [0.05, 0.1) is 30.6 Å². The summed E-state index contributed by atoms with van der Waals surface area (Å²) in [4.78, 5) is 18.8. The molecule has 6 nitrogen and oxygen atoms in total. The van der Waals surface area contributed by atoms with Gasteiger partial charge in [-0.25, -0.2) is 4.79 Å². The van der Waals surface area contributed by atoms with Crippen LogP contribution in [0, 0.1) is 6.92 Å². The molecule has 2 aromatic heterocycles. The van der Waals surface area contributed by atoms with E-state index in [-0.39, 0.29) is 12.1 Å². The molecule has 0 N–H and O–H groups in total. The minimum absolute atomic E-state index is 0.161. The van der Waals surface area contributed by atoms with Gasteiger partial charge in [0.15, 0.2) is 0 Å². The first kappa shape index (κ1) is 25.6. The van der Waals surface area contributed by atoms with Gasteiger partial charge in [-0.15, -0.1) is 0 Å². The van der Waals surface area contributed by atoms with Crippen molar-refractivity contribution in [3.05, 3.63) is 53.4 Å². The van der Waals surface area contributed by atoms with Crippen molar-refractivity contribution in [1.29, 1.82) is 0 Å². The van der Waals surface area contributed by atoms with Gasteiger partial charge in [-0.2, -0.15) is 0 Å². The number of aliphatic imine (C=N–C) groups is 1. The lowest BCUT2D eigenvalue weighted by molar-refractivity contribution is 0.0377. The highest BCUT2D eigenvalue weighted by Crippen LogP contribution is 2.26. The Morgan fingerprint density at radius 3 is 2.50 bits per heavy atom. The zero-order chi connectivity index (χ0) is 23.7. The average molecular weight is 440 g/mol. The van der Waals surface area contributed by atoms with Gasteiger partial charge in [0, 0.05) is 36.1 Å². The van der Waals surface area contributed by atoms with E-state index in [4.69, 9.17) is 9.47 Å². The standard InChI is InChI=1S/C21H26N2O2.C5H11NO/c1-7-9-10-19(22-6)16-11-17-12-18(21(24)25-14(3)4)15(5)20(8-2)23(17)13-16;1-6-2-4-7-5-3-6/h8,10-14H,2,6-7,9H2,1,3-5H3;2-5H2,1H3/b19-10-;. The van der Waals surface area contributed by atoms with Crippen LogP contribution in [0.4, 0.5) is 0 Å². The summed E-state index contributed by atoms with van der Waals surface area (Å²) >= 11 is 0. The first-order valence-corrected chi connectivity index (χ1v) is 11.2. The third-order valence-corrected chi connectivity index (χ3v) is 5.27. The number of pyridine rings is 1. The van der Waals surface area contributed by atoms with Crippen molar-refractivity contribution < 1.29 is 14.3 Å². The van der Waals surface area contributed by atoms with Crippen LogP contribution >= 0.6 is 0 Å². The van der Waals surface area contributed by atoms with Crippen molar-refractivity contribution in [1.82, 2.24) is 9.30 Å². The molecule has 0 spiro atoms.